The van der Waals surface area contributed by atoms with Crippen molar-refractivity contribution in [2.24, 2.45) is 0 Å². The van der Waals surface area contributed by atoms with E-state index in [1.807, 2.05) is 0 Å². The minimum Gasteiger partial charge on any atom is -0.428 e. The SMILES string of the molecule is CCCCC1=[C-]CC=C1.CCCCC1=[C-]CC=C1.[CH2-]CO.[Zr+3]. The molecule has 0 aromatic heterocycles. The van der Waals surface area contributed by atoms with Crippen molar-refractivity contribution in [3.05, 3.63) is 54.5 Å². The smallest absolute Gasteiger partial charge is 0.428 e. The molecule has 1 N–H and O–H groups in total. The van der Waals surface area contributed by atoms with Crippen molar-refractivity contribution in [2.75, 3.05) is 6.61 Å². The number of hydrogen-bond acceptors (Lipinski definition) is 1. The van der Waals surface area contributed by atoms with E-state index >= 15 is 0 Å². The van der Waals surface area contributed by atoms with Crippen LogP contribution >= 0.6 is 0 Å². The van der Waals surface area contributed by atoms with E-state index in [9.17, 15) is 0 Å². The van der Waals surface area contributed by atoms with Gasteiger partial charge < -0.3 is 12.0 Å². The molecule has 0 saturated heterocycles. The molecule has 22 heavy (non-hydrogen) atoms. The van der Waals surface area contributed by atoms with E-state index in [4.69, 9.17) is 5.11 Å². The monoisotopic (exact) mass is 377 g/mol. The van der Waals surface area contributed by atoms with Gasteiger partial charge in [-0.05, 0) is 0 Å². The molecule has 2 heteroatoms. The van der Waals surface area contributed by atoms with E-state index in [2.05, 4.69) is 57.2 Å². The fourth-order valence-corrected chi connectivity index (χ4v) is 1.98. The Bertz CT molecular complexity index is 317. The maximum absolute atomic E-state index is 7.46. The molecule has 121 valence electrons. The predicted molar refractivity (Wildman–Crippen MR) is 92.5 cm³/mol. The summed E-state index contributed by atoms with van der Waals surface area (Å²) in [5, 5.41) is 7.46. The summed E-state index contributed by atoms with van der Waals surface area (Å²) >= 11 is 0. The summed E-state index contributed by atoms with van der Waals surface area (Å²) in [4.78, 5) is 0. The van der Waals surface area contributed by atoms with Gasteiger partial charge in [-0.2, -0.15) is 12.2 Å². The number of unbranched alkanes of at least 4 members (excludes halogenated alkanes) is 2. The molecular weight excluding hydrogens is 347 g/mol. The van der Waals surface area contributed by atoms with Gasteiger partial charge in [0.1, 0.15) is 0 Å². The van der Waals surface area contributed by atoms with Crippen molar-refractivity contribution >= 4 is 0 Å². The molecule has 0 heterocycles. The first-order valence-electron chi connectivity index (χ1n) is 8.21. The first kappa shape index (κ1) is 24.1. The first-order chi connectivity index (χ1) is 10.3. The van der Waals surface area contributed by atoms with Crippen LogP contribution in [0.5, 0.6) is 0 Å². The van der Waals surface area contributed by atoms with Gasteiger partial charge >= 0.3 is 26.2 Å². The van der Waals surface area contributed by atoms with E-state index in [1.54, 1.807) is 0 Å². The van der Waals surface area contributed by atoms with Crippen LogP contribution in [0.4, 0.5) is 0 Å². The molecule has 0 aromatic rings. The van der Waals surface area contributed by atoms with Crippen molar-refractivity contribution in [1.29, 1.82) is 0 Å². The number of aliphatic hydroxyl groups is 1. The topological polar surface area (TPSA) is 20.2 Å². The van der Waals surface area contributed by atoms with Gasteiger partial charge in [-0.3, -0.25) is 12.2 Å². The Balaban J connectivity index is 0. The van der Waals surface area contributed by atoms with E-state index in [1.165, 1.54) is 49.7 Å². The summed E-state index contributed by atoms with van der Waals surface area (Å²) in [6.07, 6.45) is 25.1. The molecule has 1 nitrogen and oxygen atoms in total. The Hall–Kier alpha value is -0.197. The zero-order valence-electron chi connectivity index (χ0n) is 14.3. The molecule has 2 aliphatic carbocycles. The van der Waals surface area contributed by atoms with Crippen LogP contribution in [0.3, 0.4) is 0 Å². The number of aliphatic hydroxyl groups excluding tert-OH is 1. The second kappa shape index (κ2) is 18.9. The third kappa shape index (κ3) is 14.7. The van der Waals surface area contributed by atoms with Crippen LogP contribution in [-0.2, 0) is 26.2 Å². The van der Waals surface area contributed by atoms with Crippen LogP contribution < -0.4 is 0 Å². The van der Waals surface area contributed by atoms with Gasteiger partial charge in [0.15, 0.2) is 0 Å². The van der Waals surface area contributed by atoms with Gasteiger partial charge in [0, 0.05) is 0 Å². The van der Waals surface area contributed by atoms with Gasteiger partial charge in [-0.1, -0.05) is 59.0 Å². The molecule has 0 aromatic carbocycles. The molecule has 0 amide bonds. The minimum absolute atomic E-state index is 0. The van der Waals surface area contributed by atoms with E-state index in [0.717, 1.165) is 12.8 Å². The van der Waals surface area contributed by atoms with Gasteiger partial charge in [-0.15, -0.1) is 12.8 Å². The van der Waals surface area contributed by atoms with Crippen LogP contribution in [0, 0.1) is 19.1 Å². The molecule has 0 atom stereocenters. The summed E-state index contributed by atoms with van der Waals surface area (Å²) < 4.78 is 0. The summed E-state index contributed by atoms with van der Waals surface area (Å²) in [5.41, 5.74) is 2.83. The third-order valence-electron chi connectivity index (χ3n) is 3.13. The average Bonchev–Trinajstić information content (AvgIpc) is 3.18. The zero-order chi connectivity index (χ0) is 15.8. The van der Waals surface area contributed by atoms with Crippen molar-refractivity contribution in [3.63, 3.8) is 0 Å². The van der Waals surface area contributed by atoms with Crippen molar-refractivity contribution < 1.29 is 31.3 Å². The molecule has 1 radical (unpaired) electrons. The fourth-order valence-electron chi connectivity index (χ4n) is 1.98. The van der Waals surface area contributed by atoms with Gasteiger partial charge in [0.25, 0.3) is 0 Å². The zero-order valence-corrected chi connectivity index (χ0v) is 16.8. The molecule has 2 rings (SSSR count). The van der Waals surface area contributed by atoms with Crippen LogP contribution in [0.25, 0.3) is 0 Å². The summed E-state index contributed by atoms with van der Waals surface area (Å²) in [6.45, 7) is 7.48. The predicted octanol–water partition coefficient (Wildman–Crippen LogP) is 5.54. The molecule has 0 fully saturated rings. The molecule has 0 saturated carbocycles. The maximum atomic E-state index is 7.46. The molecule has 0 unspecified atom stereocenters. The fraction of sp³-hybridized carbons (Fsp3) is 0.550. The van der Waals surface area contributed by atoms with Crippen molar-refractivity contribution in [2.45, 2.75) is 65.2 Å². The van der Waals surface area contributed by atoms with Crippen LogP contribution in [-0.4, -0.2) is 11.7 Å². The standard InChI is InChI=1S/2C9H13.C2H5O.Zr/c2*1-2-3-6-9-7-4-5-8-9;1-2-3;/h2*4,7H,2-3,5-6H2,1H3;3H,1-2H2;/q3*-1;+3. The van der Waals surface area contributed by atoms with Gasteiger partial charge in [-0.25, -0.2) is 23.3 Å². The normalized spacial score (nSPS) is 14.2. The summed E-state index contributed by atoms with van der Waals surface area (Å²) in [7, 11) is 0. The van der Waals surface area contributed by atoms with E-state index < -0.39 is 0 Å². The second-order valence-corrected chi connectivity index (χ2v) is 5.05. The number of rotatable bonds is 6. The Kier molecular flexibility index (Phi) is 20.6. The van der Waals surface area contributed by atoms with Crippen LogP contribution in [0.1, 0.15) is 65.2 Å². The maximum Gasteiger partial charge on any atom is 3.00 e. The van der Waals surface area contributed by atoms with Gasteiger partial charge in [0.2, 0.25) is 0 Å². The quantitative estimate of drug-likeness (QED) is 0.601. The Morgan fingerprint density at radius 2 is 1.32 bits per heavy atom. The number of allylic oxidation sites excluding steroid dienone is 8. The average molecular weight is 379 g/mol. The minimum atomic E-state index is 0. The Labute approximate surface area is 157 Å². The Morgan fingerprint density at radius 3 is 1.55 bits per heavy atom. The van der Waals surface area contributed by atoms with E-state index in [-0.39, 0.29) is 32.8 Å². The van der Waals surface area contributed by atoms with Gasteiger partial charge in [0.05, 0.1) is 0 Å². The molecule has 0 spiro atoms. The number of hydrogen-bond donors (Lipinski definition) is 1. The summed E-state index contributed by atoms with van der Waals surface area (Å²) in [6, 6.07) is 0. The van der Waals surface area contributed by atoms with E-state index in [0.29, 0.717) is 0 Å². The molecule has 2 aliphatic rings. The molecular formula is C20H31OZr. The third-order valence-corrected chi connectivity index (χ3v) is 3.13. The molecule has 0 bridgehead atoms. The van der Waals surface area contributed by atoms with Crippen LogP contribution in [0.2, 0.25) is 0 Å². The summed E-state index contributed by atoms with van der Waals surface area (Å²) in [5.74, 6) is 0. The second-order valence-electron chi connectivity index (χ2n) is 5.05. The van der Waals surface area contributed by atoms with Crippen molar-refractivity contribution in [3.8, 4) is 0 Å². The largest absolute Gasteiger partial charge is 3.00 e. The Morgan fingerprint density at radius 1 is 0.955 bits per heavy atom. The van der Waals surface area contributed by atoms with Crippen LogP contribution in [0.15, 0.2) is 35.5 Å². The van der Waals surface area contributed by atoms with Crippen molar-refractivity contribution in [1.82, 2.24) is 0 Å². The first-order valence-corrected chi connectivity index (χ1v) is 8.21. The molecule has 0 aliphatic heterocycles.